The third-order valence-corrected chi connectivity index (χ3v) is 18.8. The Labute approximate surface area is 321 Å². The van der Waals surface area contributed by atoms with Crippen LogP contribution in [0.5, 0.6) is 0 Å². The molecule has 312 valence electrons. The van der Waals surface area contributed by atoms with Gasteiger partial charge in [0.2, 0.25) is 0 Å². The zero-order valence-corrected chi connectivity index (χ0v) is 37.9. The summed E-state index contributed by atoms with van der Waals surface area (Å²) in [6, 6.07) is -0.405. The summed E-state index contributed by atoms with van der Waals surface area (Å²) in [5, 5.41) is 6.45. The van der Waals surface area contributed by atoms with Crippen LogP contribution in [0.25, 0.3) is 0 Å². The first-order chi connectivity index (χ1) is 24.6. The fraction of sp³-hybridized carbons (Fsp3) is 0.824. The van der Waals surface area contributed by atoms with Crippen LogP contribution in [0.3, 0.4) is 0 Å². The van der Waals surface area contributed by atoms with Gasteiger partial charge in [-0.2, -0.15) is 0 Å². The highest BCUT2D eigenvalue weighted by atomic mass is 28.5. The molecule has 2 unspecified atom stereocenters. The van der Waals surface area contributed by atoms with Gasteiger partial charge in [-0.05, 0) is 64.5 Å². The quantitative estimate of drug-likeness (QED) is 0.0856. The first-order valence-electron chi connectivity index (χ1n) is 17.6. The largest absolute Gasteiger partial charge is 0.491 e. The molecule has 0 aliphatic rings. The number of carbonyl (C=O) groups is 6. The van der Waals surface area contributed by atoms with Crippen molar-refractivity contribution in [3.63, 3.8) is 0 Å². The molecule has 53 heavy (non-hydrogen) atoms. The number of nitrogens with one attached hydrogen (secondary N) is 2. The Balaban J connectivity index is -0.00000602. The van der Waals surface area contributed by atoms with Crippen molar-refractivity contribution in [1.29, 1.82) is 0 Å². The second kappa shape index (κ2) is 27.5. The number of ether oxygens (including phenoxy) is 2. The number of carbonyl (C=O) groups excluding carboxylic acids is 6. The molecule has 0 heterocycles. The molecule has 0 rings (SSSR count). The van der Waals surface area contributed by atoms with Gasteiger partial charge in [0.05, 0.1) is 25.7 Å². The Morgan fingerprint density at radius 1 is 0.642 bits per heavy atom. The maximum Gasteiger partial charge on any atom is 0.491 e. The van der Waals surface area contributed by atoms with Crippen LogP contribution < -0.4 is 10.6 Å². The van der Waals surface area contributed by atoms with Gasteiger partial charge in [-0.15, -0.1) is 0 Å². The third kappa shape index (κ3) is 23.5. The predicted molar refractivity (Wildman–Crippen MR) is 207 cm³/mol. The van der Waals surface area contributed by atoms with Gasteiger partial charge in [0.15, 0.2) is 0 Å². The number of rotatable bonds is 28. The van der Waals surface area contributed by atoms with E-state index in [4.69, 9.17) is 45.0 Å². The number of esters is 2. The summed E-state index contributed by atoms with van der Waals surface area (Å²) in [7, 11) is -3.24. The van der Waals surface area contributed by atoms with E-state index in [1.54, 1.807) is 42.3 Å². The second-order valence-electron chi connectivity index (χ2n) is 14.3. The lowest BCUT2D eigenvalue weighted by atomic mass is 9.89. The van der Waals surface area contributed by atoms with Crippen LogP contribution in [0, 0.1) is 10.8 Å². The van der Waals surface area contributed by atoms with Gasteiger partial charge in [0, 0.05) is 60.0 Å². The first-order valence-corrected chi connectivity index (χ1v) is 24.2. The zero-order valence-electron chi connectivity index (χ0n) is 34.9. The minimum absolute atomic E-state index is 0.0445. The van der Waals surface area contributed by atoms with Crippen molar-refractivity contribution in [2.75, 3.05) is 54.7 Å². The van der Waals surface area contributed by atoms with Crippen molar-refractivity contribution >= 4 is 63.3 Å². The maximum absolute atomic E-state index is 12.6. The van der Waals surface area contributed by atoms with Gasteiger partial charge in [-0.1, -0.05) is 27.7 Å². The van der Waals surface area contributed by atoms with E-state index in [2.05, 4.69) is 24.5 Å². The summed E-state index contributed by atoms with van der Waals surface area (Å²) in [5.74, 6) is -1.10. The lowest BCUT2D eigenvalue weighted by Gasteiger charge is -2.40. The van der Waals surface area contributed by atoms with Crippen LogP contribution in [-0.2, 0) is 64.2 Å². The van der Waals surface area contributed by atoms with Gasteiger partial charge in [-0.25, -0.2) is 0 Å². The second-order valence-corrected chi connectivity index (χ2v) is 24.1. The van der Waals surface area contributed by atoms with Crippen molar-refractivity contribution in [2.24, 2.45) is 10.8 Å². The number of Topliss-reactive ketones (excluding diaryl/α,β-unsaturated/α-hetero) is 2. The van der Waals surface area contributed by atoms with E-state index in [9.17, 15) is 19.2 Å². The molecule has 0 aromatic heterocycles. The third-order valence-electron chi connectivity index (χ3n) is 8.15. The topological polar surface area (TPSA) is 200 Å². The van der Waals surface area contributed by atoms with Crippen molar-refractivity contribution in [1.82, 2.24) is 10.6 Å². The van der Waals surface area contributed by atoms with E-state index < -0.39 is 50.2 Å². The molecule has 0 amide bonds. The molecular formula is C34H70N2O14Si3. The van der Waals surface area contributed by atoms with E-state index >= 15 is 0 Å². The highest BCUT2D eigenvalue weighted by Gasteiger charge is 2.52. The summed E-state index contributed by atoms with van der Waals surface area (Å²) < 4.78 is 47.4. The number of hydrogen-bond acceptors (Lipinski definition) is 16. The van der Waals surface area contributed by atoms with Crippen LogP contribution in [-0.4, -0.2) is 130 Å². The van der Waals surface area contributed by atoms with E-state index in [1.807, 2.05) is 40.5 Å². The van der Waals surface area contributed by atoms with Crippen LogP contribution in [0.1, 0.15) is 81.1 Å². The van der Waals surface area contributed by atoms with Gasteiger partial charge in [0.1, 0.15) is 31.2 Å². The summed E-state index contributed by atoms with van der Waals surface area (Å²) in [6.45, 7) is 23.8. The van der Waals surface area contributed by atoms with Crippen molar-refractivity contribution in [3.05, 3.63) is 0 Å². The molecule has 0 saturated heterocycles. The average Bonchev–Trinajstić information content (AvgIpc) is 3.10. The first kappa shape index (κ1) is 55.3. The highest BCUT2D eigenvalue weighted by molar-refractivity contribution is 6.82. The Morgan fingerprint density at radius 3 is 1.34 bits per heavy atom. The maximum atomic E-state index is 12.6. The summed E-state index contributed by atoms with van der Waals surface area (Å²) >= 11 is 0. The van der Waals surface area contributed by atoms with E-state index in [0.717, 1.165) is 0 Å². The molecule has 16 nitrogen and oxygen atoms in total. The lowest BCUT2D eigenvalue weighted by Crippen LogP contribution is -2.60. The molecule has 0 spiro atoms. The molecule has 0 aromatic carbocycles. The fourth-order valence-corrected chi connectivity index (χ4v) is 16.9. The lowest BCUT2D eigenvalue weighted by molar-refractivity contribution is -0.152. The van der Waals surface area contributed by atoms with Crippen molar-refractivity contribution < 1.29 is 64.2 Å². The molecule has 0 aliphatic carbocycles. The minimum Gasteiger partial charge on any atom is -0.466 e. The van der Waals surface area contributed by atoms with Crippen LogP contribution in [0.4, 0.5) is 0 Å². The number of hydrogen-bond donors (Lipinski definition) is 2. The Morgan fingerprint density at radius 2 is 1.02 bits per heavy atom. The molecule has 0 bridgehead atoms. The van der Waals surface area contributed by atoms with Crippen LogP contribution in [0.15, 0.2) is 0 Å². The Hall–Kier alpha value is -2.05. The summed E-state index contributed by atoms with van der Waals surface area (Å²) in [5.41, 5.74) is -0.622. The van der Waals surface area contributed by atoms with E-state index in [1.165, 1.54) is 13.8 Å². The molecule has 2 N–H and O–H groups in total. The Kier molecular flexibility index (Phi) is 28.7. The number of ketones is 2. The molecule has 0 fully saturated rings. The van der Waals surface area contributed by atoms with Crippen molar-refractivity contribution in [3.8, 4) is 0 Å². The minimum atomic E-state index is -3.27. The van der Waals surface area contributed by atoms with Gasteiger partial charge in [-0.3, -0.25) is 19.2 Å². The molecule has 19 heteroatoms. The molecule has 2 atom stereocenters. The van der Waals surface area contributed by atoms with Crippen molar-refractivity contribution in [2.45, 2.75) is 118 Å². The van der Waals surface area contributed by atoms with Gasteiger partial charge in [0.25, 0.3) is 0 Å². The molecule has 0 radical (unpaired) electrons. The van der Waals surface area contributed by atoms with Crippen LogP contribution >= 0.6 is 0 Å². The average molecular weight is 815 g/mol. The molecular weight excluding hydrogens is 745 g/mol. The monoisotopic (exact) mass is 814 g/mol. The molecule has 0 saturated carbocycles. The standard InChI is InChI=1S/C32H66N2O12Si3.2CH2O/c1-15-43-29(37)22-28(30(38)44-16-2)34-24-32(7,8)18-20-49(41-11,42-12)46-47(13,14)45-48(39-9,40-10)19-17-31(5,6)23-33-27(26(4)36)21-25(3)35;2*1-2/h27-28,33-34H,15-24H2,1-14H3;2*1H2. The fourth-order valence-electron chi connectivity index (χ4n) is 5.09. The molecule has 0 aliphatic heterocycles. The van der Waals surface area contributed by atoms with Gasteiger partial charge >= 0.3 is 38.1 Å². The summed E-state index contributed by atoms with van der Waals surface area (Å²) in [4.78, 5) is 64.4. The van der Waals surface area contributed by atoms with E-state index in [-0.39, 0.29) is 48.5 Å². The highest BCUT2D eigenvalue weighted by Crippen LogP contribution is 2.33. The SMILES string of the molecule is C=O.C=O.CCOC(=O)CC(NCC(C)(C)CC[Si](OC)(OC)O[Si](C)(C)O[Si](CCC(C)(C)CNC(CC(C)=O)C(C)=O)(OC)OC)C(=O)OCC. The smallest absolute Gasteiger partial charge is 0.466 e. The summed E-state index contributed by atoms with van der Waals surface area (Å²) in [6.07, 6.45) is 1.29. The Bertz CT molecular complexity index is 1070. The predicted octanol–water partition coefficient (Wildman–Crippen LogP) is 3.65. The van der Waals surface area contributed by atoms with E-state index in [0.29, 0.717) is 38.0 Å². The normalized spacial score (nSPS) is 13.4. The zero-order chi connectivity index (χ0) is 42.1. The van der Waals surface area contributed by atoms with Gasteiger partial charge < -0.3 is 55.6 Å². The molecule has 0 aromatic rings. The van der Waals surface area contributed by atoms with Crippen LogP contribution in [0.2, 0.25) is 25.2 Å².